The maximum absolute atomic E-state index is 12.4. The van der Waals surface area contributed by atoms with Crippen LogP contribution in [0.3, 0.4) is 0 Å². The fraction of sp³-hybridized carbons (Fsp3) is 0.133. The van der Waals surface area contributed by atoms with Crippen LogP contribution in [0.2, 0.25) is 15.1 Å². The summed E-state index contributed by atoms with van der Waals surface area (Å²) in [6.45, 7) is 0.367. The van der Waals surface area contributed by atoms with E-state index >= 15 is 0 Å². The summed E-state index contributed by atoms with van der Waals surface area (Å²) >= 11 is 21.4. The van der Waals surface area contributed by atoms with Crippen molar-refractivity contribution in [3.8, 4) is 0 Å². The van der Waals surface area contributed by atoms with Gasteiger partial charge < -0.3 is 4.90 Å². The van der Waals surface area contributed by atoms with Gasteiger partial charge in [-0.25, -0.2) is 0 Å². The second kappa shape index (κ2) is 7.01. The molecule has 110 valence electrons. The van der Waals surface area contributed by atoms with Crippen molar-refractivity contribution in [3.05, 3.63) is 67.1 Å². The maximum atomic E-state index is 12.4. The monoisotopic (exact) mass is 405 g/mol. The Morgan fingerprint density at radius 3 is 2.52 bits per heavy atom. The Morgan fingerprint density at radius 2 is 1.86 bits per heavy atom. The number of hydrogen-bond acceptors (Lipinski definition) is 1. The van der Waals surface area contributed by atoms with E-state index < -0.39 is 0 Å². The quantitative estimate of drug-likeness (QED) is 0.641. The van der Waals surface area contributed by atoms with Crippen LogP contribution in [0.5, 0.6) is 0 Å². The lowest BCUT2D eigenvalue weighted by Crippen LogP contribution is -2.26. The fourth-order valence-corrected chi connectivity index (χ4v) is 2.65. The van der Waals surface area contributed by atoms with Crippen molar-refractivity contribution in [2.24, 2.45) is 0 Å². The maximum Gasteiger partial charge on any atom is 0.253 e. The second-order valence-corrected chi connectivity index (χ2v) is 6.55. The molecule has 2 aromatic carbocycles. The summed E-state index contributed by atoms with van der Waals surface area (Å²) in [6.07, 6.45) is 0. The van der Waals surface area contributed by atoms with Crippen LogP contribution in [-0.4, -0.2) is 17.9 Å². The number of carbonyl (C=O) groups is 1. The van der Waals surface area contributed by atoms with Crippen LogP contribution < -0.4 is 0 Å². The van der Waals surface area contributed by atoms with Gasteiger partial charge in [0, 0.05) is 23.6 Å². The van der Waals surface area contributed by atoms with Crippen LogP contribution in [0.15, 0.2) is 40.9 Å². The predicted octanol–water partition coefficient (Wildman–Crippen LogP) is 5.68. The fourth-order valence-electron chi connectivity index (χ4n) is 1.85. The Labute approximate surface area is 146 Å². The molecule has 0 fully saturated rings. The molecule has 0 aliphatic heterocycles. The standard InChI is InChI=1S/C15H11BrCl3NO/c1-20(8-10-3-2-4-12(17)14(10)19)15(21)9-5-6-11(16)13(18)7-9/h2-7H,8H2,1H3. The third-order valence-electron chi connectivity index (χ3n) is 2.95. The molecule has 0 heterocycles. The summed E-state index contributed by atoms with van der Waals surface area (Å²) in [5.74, 6) is -0.138. The molecule has 0 spiro atoms. The van der Waals surface area contributed by atoms with E-state index in [2.05, 4.69) is 15.9 Å². The van der Waals surface area contributed by atoms with Gasteiger partial charge in [-0.05, 0) is 45.8 Å². The molecule has 0 saturated heterocycles. The second-order valence-electron chi connectivity index (χ2n) is 4.50. The van der Waals surface area contributed by atoms with E-state index in [0.717, 1.165) is 10.0 Å². The Hall–Kier alpha value is -0.740. The summed E-state index contributed by atoms with van der Waals surface area (Å²) in [5.41, 5.74) is 1.31. The van der Waals surface area contributed by atoms with Gasteiger partial charge in [0.05, 0.1) is 15.1 Å². The third-order valence-corrected chi connectivity index (χ3v) is 5.04. The van der Waals surface area contributed by atoms with Gasteiger partial charge in [-0.3, -0.25) is 4.79 Å². The van der Waals surface area contributed by atoms with Crippen LogP contribution in [0.1, 0.15) is 15.9 Å². The lowest BCUT2D eigenvalue weighted by Gasteiger charge is -2.18. The molecule has 0 atom stereocenters. The molecule has 0 saturated carbocycles. The first-order valence-electron chi connectivity index (χ1n) is 6.03. The van der Waals surface area contributed by atoms with Crippen molar-refractivity contribution in [3.63, 3.8) is 0 Å². The molecular weight excluding hydrogens is 396 g/mol. The van der Waals surface area contributed by atoms with Gasteiger partial charge >= 0.3 is 0 Å². The van der Waals surface area contributed by atoms with Crippen molar-refractivity contribution >= 4 is 56.6 Å². The number of halogens is 4. The van der Waals surface area contributed by atoms with Crippen molar-refractivity contribution in [1.82, 2.24) is 4.90 Å². The van der Waals surface area contributed by atoms with E-state index in [9.17, 15) is 4.79 Å². The highest BCUT2D eigenvalue weighted by Gasteiger charge is 2.15. The van der Waals surface area contributed by atoms with E-state index in [-0.39, 0.29) is 5.91 Å². The van der Waals surface area contributed by atoms with Gasteiger partial charge in [0.1, 0.15) is 0 Å². The van der Waals surface area contributed by atoms with E-state index in [4.69, 9.17) is 34.8 Å². The number of nitrogens with zero attached hydrogens (tertiary/aromatic N) is 1. The zero-order valence-corrected chi connectivity index (χ0v) is 14.9. The smallest absolute Gasteiger partial charge is 0.253 e. The first kappa shape index (κ1) is 16.6. The Morgan fingerprint density at radius 1 is 1.14 bits per heavy atom. The molecule has 6 heteroatoms. The highest BCUT2D eigenvalue weighted by molar-refractivity contribution is 9.10. The number of rotatable bonds is 3. The molecule has 0 N–H and O–H groups in total. The molecule has 2 aromatic rings. The lowest BCUT2D eigenvalue weighted by atomic mass is 10.1. The Balaban J connectivity index is 2.19. The minimum Gasteiger partial charge on any atom is -0.337 e. The largest absolute Gasteiger partial charge is 0.337 e. The van der Waals surface area contributed by atoms with Crippen molar-refractivity contribution < 1.29 is 4.79 Å². The molecule has 21 heavy (non-hydrogen) atoms. The number of benzene rings is 2. The third kappa shape index (κ3) is 3.92. The minimum atomic E-state index is -0.138. The zero-order chi connectivity index (χ0) is 15.6. The van der Waals surface area contributed by atoms with Crippen molar-refractivity contribution in [1.29, 1.82) is 0 Å². The zero-order valence-electron chi connectivity index (χ0n) is 11.0. The molecule has 2 nitrogen and oxygen atoms in total. The topological polar surface area (TPSA) is 20.3 Å². The number of hydrogen-bond donors (Lipinski definition) is 0. The van der Waals surface area contributed by atoms with E-state index in [1.807, 2.05) is 6.07 Å². The number of carbonyl (C=O) groups excluding carboxylic acids is 1. The van der Waals surface area contributed by atoms with E-state index in [0.29, 0.717) is 27.2 Å². The molecule has 0 bridgehead atoms. The lowest BCUT2D eigenvalue weighted by molar-refractivity contribution is 0.0785. The minimum absolute atomic E-state index is 0.138. The van der Waals surface area contributed by atoms with Crippen LogP contribution in [-0.2, 0) is 6.54 Å². The van der Waals surface area contributed by atoms with Crippen LogP contribution >= 0.6 is 50.7 Å². The molecule has 0 aliphatic rings. The Kier molecular flexibility index (Phi) is 5.55. The van der Waals surface area contributed by atoms with Gasteiger partial charge in [-0.15, -0.1) is 0 Å². The summed E-state index contributed by atoms with van der Waals surface area (Å²) in [6, 6.07) is 10.4. The molecule has 1 amide bonds. The van der Waals surface area contributed by atoms with Crippen LogP contribution in [0.4, 0.5) is 0 Å². The summed E-state index contributed by atoms with van der Waals surface area (Å²) in [7, 11) is 1.70. The molecular formula is C15H11BrCl3NO. The summed E-state index contributed by atoms with van der Waals surface area (Å²) in [4.78, 5) is 14.0. The first-order chi connectivity index (χ1) is 9.90. The Bertz CT molecular complexity index is 691. The number of amides is 1. The van der Waals surface area contributed by atoms with Crippen LogP contribution in [0.25, 0.3) is 0 Å². The average Bonchev–Trinajstić information content (AvgIpc) is 2.46. The van der Waals surface area contributed by atoms with Gasteiger partial charge in [0.2, 0.25) is 0 Å². The van der Waals surface area contributed by atoms with Crippen molar-refractivity contribution in [2.45, 2.75) is 6.54 Å². The normalized spacial score (nSPS) is 10.5. The van der Waals surface area contributed by atoms with Crippen molar-refractivity contribution in [2.75, 3.05) is 7.05 Å². The van der Waals surface area contributed by atoms with Gasteiger partial charge in [-0.1, -0.05) is 46.9 Å². The van der Waals surface area contributed by atoms with E-state index in [1.165, 1.54) is 0 Å². The SMILES string of the molecule is CN(Cc1cccc(Cl)c1Cl)C(=O)c1ccc(Br)c(Cl)c1. The highest BCUT2D eigenvalue weighted by atomic mass is 79.9. The summed E-state index contributed by atoms with van der Waals surface area (Å²) in [5, 5.41) is 1.43. The molecule has 0 unspecified atom stereocenters. The highest BCUT2D eigenvalue weighted by Crippen LogP contribution is 2.27. The van der Waals surface area contributed by atoms with Crippen LogP contribution in [0, 0.1) is 0 Å². The van der Waals surface area contributed by atoms with Gasteiger partial charge in [0.25, 0.3) is 5.91 Å². The summed E-state index contributed by atoms with van der Waals surface area (Å²) < 4.78 is 0.751. The molecule has 0 aliphatic carbocycles. The van der Waals surface area contributed by atoms with Gasteiger partial charge in [-0.2, -0.15) is 0 Å². The van der Waals surface area contributed by atoms with Gasteiger partial charge in [0.15, 0.2) is 0 Å². The van der Waals surface area contributed by atoms with E-state index in [1.54, 1.807) is 42.3 Å². The molecule has 0 aromatic heterocycles. The molecule has 2 rings (SSSR count). The average molecular weight is 408 g/mol. The predicted molar refractivity (Wildman–Crippen MR) is 91.4 cm³/mol. The first-order valence-corrected chi connectivity index (χ1v) is 7.96. The molecule has 0 radical (unpaired) electrons.